The molecular formula is C20H27N5O2. The highest BCUT2D eigenvalue weighted by Crippen LogP contribution is 2.26. The summed E-state index contributed by atoms with van der Waals surface area (Å²) in [6.45, 7) is 4.68. The van der Waals surface area contributed by atoms with Gasteiger partial charge in [-0.05, 0) is 30.7 Å². The van der Waals surface area contributed by atoms with E-state index in [1.807, 2.05) is 36.2 Å². The Hall–Kier alpha value is -2.41. The largest absolute Gasteiger partial charge is 0.352 e. The number of hydrogen-bond donors (Lipinski definition) is 2. The van der Waals surface area contributed by atoms with Crippen LogP contribution in [-0.2, 0) is 11.8 Å². The molecule has 2 heterocycles. The highest BCUT2D eigenvalue weighted by atomic mass is 16.2. The van der Waals surface area contributed by atoms with Crippen LogP contribution in [0, 0.1) is 11.8 Å². The Kier molecular flexibility index (Phi) is 4.86. The van der Waals surface area contributed by atoms with Gasteiger partial charge in [0.2, 0.25) is 5.91 Å². The van der Waals surface area contributed by atoms with Crippen LogP contribution in [0.2, 0.25) is 0 Å². The summed E-state index contributed by atoms with van der Waals surface area (Å²) < 4.78 is 1.76. The van der Waals surface area contributed by atoms with Gasteiger partial charge in [0.05, 0.1) is 12.1 Å². The lowest BCUT2D eigenvalue weighted by atomic mass is 9.98. The second-order valence-electron chi connectivity index (χ2n) is 7.91. The summed E-state index contributed by atoms with van der Waals surface area (Å²) in [5.74, 6) is 0.796. The van der Waals surface area contributed by atoms with Crippen LogP contribution in [0.3, 0.4) is 0 Å². The molecule has 2 fully saturated rings. The Labute approximate surface area is 159 Å². The minimum atomic E-state index is -0.00683. The van der Waals surface area contributed by atoms with Crippen LogP contribution >= 0.6 is 0 Å². The summed E-state index contributed by atoms with van der Waals surface area (Å²) in [7, 11) is 1.87. The summed E-state index contributed by atoms with van der Waals surface area (Å²) in [5.41, 5.74) is 1.49. The zero-order chi connectivity index (χ0) is 19.0. The third-order valence-electron chi connectivity index (χ3n) is 5.65. The molecule has 0 bridgehead atoms. The average Bonchev–Trinajstić information content (AvgIpc) is 3.30. The number of amides is 2. The number of nitrogens with zero attached hydrogens (tertiary/aromatic N) is 3. The first-order valence-corrected chi connectivity index (χ1v) is 9.74. The third-order valence-corrected chi connectivity index (χ3v) is 5.65. The predicted molar refractivity (Wildman–Crippen MR) is 103 cm³/mol. The molecule has 1 aliphatic heterocycles. The number of aromatic nitrogens is 2. The molecule has 144 valence electrons. The van der Waals surface area contributed by atoms with Crippen LogP contribution in [-0.4, -0.2) is 58.7 Å². The molecule has 4 rings (SSSR count). The van der Waals surface area contributed by atoms with Gasteiger partial charge >= 0.3 is 0 Å². The van der Waals surface area contributed by atoms with Crippen molar-refractivity contribution in [3.05, 3.63) is 30.0 Å². The number of rotatable bonds is 6. The molecule has 1 saturated heterocycles. The van der Waals surface area contributed by atoms with Crippen LogP contribution in [0.25, 0.3) is 10.9 Å². The summed E-state index contributed by atoms with van der Waals surface area (Å²) in [5, 5.41) is 11.6. The maximum absolute atomic E-state index is 13.0. The number of benzene rings is 1. The maximum Gasteiger partial charge on any atom is 0.275 e. The molecule has 1 saturated carbocycles. The number of aryl methyl sites for hydroxylation is 1. The van der Waals surface area contributed by atoms with E-state index >= 15 is 0 Å². The summed E-state index contributed by atoms with van der Waals surface area (Å²) in [6, 6.07) is 8.22. The van der Waals surface area contributed by atoms with E-state index in [4.69, 9.17) is 0 Å². The molecule has 2 aromatic rings. The summed E-state index contributed by atoms with van der Waals surface area (Å²) in [4.78, 5) is 26.7. The van der Waals surface area contributed by atoms with Crippen molar-refractivity contribution in [1.82, 2.24) is 25.3 Å². The number of likely N-dealkylation sites (tertiary alicyclic amines) is 1. The molecule has 2 N–H and O–H groups in total. The zero-order valence-corrected chi connectivity index (χ0v) is 15.9. The minimum Gasteiger partial charge on any atom is -0.352 e. The number of carbonyl (C=O) groups excluding carboxylic acids is 2. The molecule has 2 amide bonds. The number of para-hydroxylation sites is 1. The number of carbonyl (C=O) groups is 2. The SMILES string of the molecule is C[C@@H]1CN(C(=O)c2nn(C)c3ccccc23)C[C@H]1CNCC(=O)NC1CC1. The lowest BCUT2D eigenvalue weighted by molar-refractivity contribution is -0.120. The van der Waals surface area contributed by atoms with Crippen LogP contribution < -0.4 is 10.6 Å². The number of hydrogen-bond acceptors (Lipinski definition) is 4. The summed E-state index contributed by atoms with van der Waals surface area (Å²) in [6.07, 6.45) is 2.20. The van der Waals surface area contributed by atoms with Crippen LogP contribution in [0.5, 0.6) is 0 Å². The van der Waals surface area contributed by atoms with Crippen LogP contribution in [0.4, 0.5) is 0 Å². The standard InChI is InChI=1S/C20H27N5O2/c1-13-11-25(12-14(13)9-21-10-18(26)22-15-7-8-15)20(27)19-16-5-3-4-6-17(16)24(2)23-19/h3-6,13-15,21H,7-12H2,1-2H3,(H,22,26)/t13-,14-/m1/s1. The lowest BCUT2D eigenvalue weighted by Gasteiger charge is -2.16. The van der Waals surface area contributed by atoms with Crippen molar-refractivity contribution in [2.45, 2.75) is 25.8 Å². The van der Waals surface area contributed by atoms with Gasteiger partial charge < -0.3 is 15.5 Å². The van der Waals surface area contributed by atoms with Crippen molar-refractivity contribution in [3.63, 3.8) is 0 Å². The Morgan fingerprint density at radius 2 is 2.00 bits per heavy atom. The first kappa shape index (κ1) is 18.0. The van der Waals surface area contributed by atoms with Gasteiger partial charge in [-0.1, -0.05) is 25.1 Å². The highest BCUT2D eigenvalue weighted by Gasteiger charge is 2.34. The van der Waals surface area contributed by atoms with E-state index < -0.39 is 0 Å². The van der Waals surface area contributed by atoms with Gasteiger partial charge in [-0.3, -0.25) is 14.3 Å². The van der Waals surface area contributed by atoms with Gasteiger partial charge in [0, 0.05) is 38.1 Å². The van der Waals surface area contributed by atoms with E-state index in [1.54, 1.807) is 4.68 Å². The molecule has 0 spiro atoms. The van der Waals surface area contributed by atoms with Crippen molar-refractivity contribution < 1.29 is 9.59 Å². The van der Waals surface area contributed by atoms with Gasteiger partial charge in [-0.15, -0.1) is 0 Å². The fraction of sp³-hybridized carbons (Fsp3) is 0.550. The van der Waals surface area contributed by atoms with Crippen molar-refractivity contribution in [1.29, 1.82) is 0 Å². The molecule has 2 atom stereocenters. The van der Waals surface area contributed by atoms with Gasteiger partial charge in [0.25, 0.3) is 5.91 Å². The minimum absolute atomic E-state index is 0.00683. The molecule has 0 radical (unpaired) electrons. The van der Waals surface area contributed by atoms with Gasteiger partial charge in [-0.2, -0.15) is 5.10 Å². The molecule has 7 nitrogen and oxygen atoms in total. The molecule has 1 aromatic heterocycles. The fourth-order valence-corrected chi connectivity index (χ4v) is 3.86. The van der Waals surface area contributed by atoms with Crippen LogP contribution in [0.1, 0.15) is 30.3 Å². The normalized spacial score (nSPS) is 22.4. The quantitative estimate of drug-likeness (QED) is 0.801. The predicted octanol–water partition coefficient (Wildman–Crippen LogP) is 1.15. The first-order valence-electron chi connectivity index (χ1n) is 9.74. The van der Waals surface area contributed by atoms with Gasteiger partial charge in [0.1, 0.15) is 0 Å². The van der Waals surface area contributed by atoms with Crippen molar-refractivity contribution in [3.8, 4) is 0 Å². The van der Waals surface area contributed by atoms with E-state index in [2.05, 4.69) is 22.7 Å². The molecule has 1 aliphatic carbocycles. The maximum atomic E-state index is 13.0. The van der Waals surface area contributed by atoms with E-state index in [9.17, 15) is 9.59 Å². The van der Waals surface area contributed by atoms with E-state index in [0.717, 1.165) is 36.8 Å². The Bertz CT molecular complexity index is 857. The molecule has 7 heteroatoms. The van der Waals surface area contributed by atoms with Crippen LogP contribution in [0.15, 0.2) is 24.3 Å². The average molecular weight is 369 g/mol. The molecule has 2 aliphatic rings. The van der Waals surface area contributed by atoms with Crippen molar-refractivity contribution >= 4 is 22.7 Å². The number of nitrogens with one attached hydrogen (secondary N) is 2. The topological polar surface area (TPSA) is 79.3 Å². The fourth-order valence-electron chi connectivity index (χ4n) is 3.86. The second kappa shape index (κ2) is 7.31. The number of fused-ring (bicyclic) bond motifs is 1. The van der Waals surface area contributed by atoms with E-state index in [1.165, 1.54) is 0 Å². The van der Waals surface area contributed by atoms with E-state index in [0.29, 0.717) is 36.7 Å². The van der Waals surface area contributed by atoms with Crippen molar-refractivity contribution in [2.24, 2.45) is 18.9 Å². The monoisotopic (exact) mass is 369 g/mol. The first-order chi connectivity index (χ1) is 13.0. The van der Waals surface area contributed by atoms with Gasteiger partial charge in [0.15, 0.2) is 5.69 Å². The third kappa shape index (κ3) is 3.83. The van der Waals surface area contributed by atoms with E-state index in [-0.39, 0.29) is 11.8 Å². The highest BCUT2D eigenvalue weighted by molar-refractivity contribution is 6.04. The second-order valence-corrected chi connectivity index (χ2v) is 7.91. The van der Waals surface area contributed by atoms with Crippen molar-refractivity contribution in [2.75, 3.05) is 26.2 Å². The Morgan fingerprint density at radius 1 is 1.22 bits per heavy atom. The molecule has 0 unspecified atom stereocenters. The lowest BCUT2D eigenvalue weighted by Crippen LogP contribution is -2.38. The zero-order valence-electron chi connectivity index (χ0n) is 15.9. The summed E-state index contributed by atoms with van der Waals surface area (Å²) >= 11 is 0. The Morgan fingerprint density at radius 3 is 2.78 bits per heavy atom. The molecule has 27 heavy (non-hydrogen) atoms. The molecule has 1 aromatic carbocycles. The smallest absolute Gasteiger partial charge is 0.275 e. The molecular weight excluding hydrogens is 342 g/mol. The Balaban J connectivity index is 1.35. The van der Waals surface area contributed by atoms with Gasteiger partial charge in [-0.25, -0.2) is 0 Å².